The van der Waals surface area contributed by atoms with Crippen LogP contribution < -0.4 is 10.1 Å². The van der Waals surface area contributed by atoms with Gasteiger partial charge in [0.25, 0.3) is 5.91 Å². The van der Waals surface area contributed by atoms with E-state index in [0.29, 0.717) is 30.2 Å². The summed E-state index contributed by atoms with van der Waals surface area (Å²) in [5, 5.41) is 3.31. The van der Waals surface area contributed by atoms with Crippen LogP contribution >= 0.6 is 11.6 Å². The Morgan fingerprint density at radius 1 is 1.22 bits per heavy atom. The van der Waals surface area contributed by atoms with E-state index in [2.05, 4.69) is 5.32 Å². The third-order valence-electron chi connectivity index (χ3n) is 3.40. The first-order valence-corrected chi connectivity index (χ1v) is 7.91. The summed E-state index contributed by atoms with van der Waals surface area (Å²) in [5.74, 6) is 0.0428. The van der Waals surface area contributed by atoms with Gasteiger partial charge >= 0.3 is 0 Å². The number of hydrogen-bond acceptors (Lipinski definition) is 2. The second kappa shape index (κ2) is 8.53. The predicted octanol–water partition coefficient (Wildman–Crippen LogP) is 4.00. The summed E-state index contributed by atoms with van der Waals surface area (Å²) in [6, 6.07) is 13.3. The first-order chi connectivity index (χ1) is 11.1. The first-order valence-electron chi connectivity index (χ1n) is 7.53. The molecule has 2 aromatic rings. The topological polar surface area (TPSA) is 38.3 Å². The third-order valence-corrected chi connectivity index (χ3v) is 3.71. The summed E-state index contributed by atoms with van der Waals surface area (Å²) in [4.78, 5) is 12.2. The van der Waals surface area contributed by atoms with E-state index in [4.69, 9.17) is 16.3 Å². The van der Waals surface area contributed by atoms with Crippen molar-refractivity contribution in [3.05, 3.63) is 64.9 Å². The molecule has 0 bridgehead atoms. The lowest BCUT2D eigenvalue weighted by atomic mass is 10.1. The molecule has 1 atom stereocenters. The number of carbonyl (C=O) groups is 1. The number of rotatable bonds is 7. The maximum Gasteiger partial charge on any atom is 0.261 e. The molecule has 23 heavy (non-hydrogen) atoms. The highest BCUT2D eigenvalue weighted by atomic mass is 35.5. The van der Waals surface area contributed by atoms with Gasteiger partial charge in [-0.1, -0.05) is 42.8 Å². The molecular weight excluding hydrogens is 317 g/mol. The van der Waals surface area contributed by atoms with Crippen molar-refractivity contribution in [3.63, 3.8) is 0 Å². The minimum atomic E-state index is -0.594. The zero-order valence-corrected chi connectivity index (χ0v) is 13.6. The standard InChI is InChI=1S/C18H19ClFNO2/c1-2-16(23-17-6-4-3-5-15(17)19)18(22)21-12-11-13-7-9-14(20)10-8-13/h3-10,16H,2,11-12H2,1H3,(H,21,22). The van der Waals surface area contributed by atoms with E-state index in [1.165, 1.54) is 12.1 Å². The summed E-state index contributed by atoms with van der Waals surface area (Å²) in [5.41, 5.74) is 0.965. The molecule has 0 aromatic heterocycles. The van der Waals surface area contributed by atoms with Gasteiger partial charge < -0.3 is 10.1 Å². The molecule has 1 unspecified atom stereocenters. The van der Waals surface area contributed by atoms with Gasteiger partial charge in [0.15, 0.2) is 6.10 Å². The first kappa shape index (κ1) is 17.3. The lowest BCUT2D eigenvalue weighted by Gasteiger charge is -2.18. The van der Waals surface area contributed by atoms with Crippen LogP contribution in [-0.2, 0) is 11.2 Å². The Kier molecular flexibility index (Phi) is 6.41. The molecule has 0 aliphatic rings. The SMILES string of the molecule is CCC(Oc1ccccc1Cl)C(=O)NCCc1ccc(F)cc1. The third kappa shape index (κ3) is 5.25. The fourth-order valence-electron chi connectivity index (χ4n) is 2.11. The fraction of sp³-hybridized carbons (Fsp3) is 0.278. The highest BCUT2D eigenvalue weighted by Gasteiger charge is 2.18. The van der Waals surface area contributed by atoms with Gasteiger partial charge in [-0.25, -0.2) is 4.39 Å². The van der Waals surface area contributed by atoms with Crippen molar-refractivity contribution in [1.82, 2.24) is 5.32 Å². The number of nitrogens with one attached hydrogen (secondary N) is 1. The zero-order chi connectivity index (χ0) is 16.7. The lowest BCUT2D eigenvalue weighted by Crippen LogP contribution is -2.39. The molecule has 0 fully saturated rings. The van der Waals surface area contributed by atoms with Gasteiger partial charge in [0, 0.05) is 6.54 Å². The van der Waals surface area contributed by atoms with E-state index in [1.54, 1.807) is 36.4 Å². The number of benzene rings is 2. The Hall–Kier alpha value is -2.07. The van der Waals surface area contributed by atoms with E-state index in [1.807, 2.05) is 6.92 Å². The molecule has 1 amide bonds. The molecule has 0 heterocycles. The molecule has 5 heteroatoms. The normalized spacial score (nSPS) is 11.8. The van der Waals surface area contributed by atoms with E-state index < -0.39 is 6.10 Å². The van der Waals surface area contributed by atoms with Gasteiger partial charge in [0.2, 0.25) is 0 Å². The lowest BCUT2D eigenvalue weighted by molar-refractivity contribution is -0.128. The van der Waals surface area contributed by atoms with Crippen molar-refractivity contribution < 1.29 is 13.9 Å². The Morgan fingerprint density at radius 3 is 2.57 bits per heavy atom. The van der Waals surface area contributed by atoms with Crippen LogP contribution in [0.1, 0.15) is 18.9 Å². The molecule has 0 aliphatic heterocycles. The molecule has 1 N–H and O–H groups in total. The van der Waals surface area contributed by atoms with Crippen LogP contribution in [0.3, 0.4) is 0 Å². The average Bonchev–Trinajstić information content (AvgIpc) is 2.56. The van der Waals surface area contributed by atoms with Crippen LogP contribution in [0, 0.1) is 5.82 Å². The van der Waals surface area contributed by atoms with Gasteiger partial charge in [-0.15, -0.1) is 0 Å². The van der Waals surface area contributed by atoms with Crippen molar-refractivity contribution in [3.8, 4) is 5.75 Å². The van der Waals surface area contributed by atoms with Crippen LogP contribution in [0.4, 0.5) is 4.39 Å². The zero-order valence-electron chi connectivity index (χ0n) is 12.9. The van der Waals surface area contributed by atoms with Crippen molar-refractivity contribution >= 4 is 17.5 Å². The Morgan fingerprint density at radius 2 is 1.91 bits per heavy atom. The monoisotopic (exact) mass is 335 g/mol. The maximum atomic E-state index is 12.8. The predicted molar refractivity (Wildman–Crippen MR) is 89.3 cm³/mol. The number of carbonyl (C=O) groups excluding carboxylic acids is 1. The van der Waals surface area contributed by atoms with Crippen LogP contribution in [0.2, 0.25) is 5.02 Å². The van der Waals surface area contributed by atoms with Gasteiger partial charge in [-0.05, 0) is 42.7 Å². The number of halogens is 2. The van der Waals surface area contributed by atoms with E-state index >= 15 is 0 Å². The quantitative estimate of drug-likeness (QED) is 0.830. The van der Waals surface area contributed by atoms with Crippen molar-refractivity contribution in [1.29, 1.82) is 0 Å². The largest absolute Gasteiger partial charge is 0.479 e. The van der Waals surface area contributed by atoms with E-state index in [0.717, 1.165) is 5.56 Å². The molecule has 3 nitrogen and oxygen atoms in total. The minimum Gasteiger partial charge on any atom is -0.479 e. The molecule has 2 rings (SSSR count). The smallest absolute Gasteiger partial charge is 0.261 e. The number of para-hydroxylation sites is 1. The van der Waals surface area contributed by atoms with E-state index in [-0.39, 0.29) is 11.7 Å². The van der Waals surface area contributed by atoms with Crippen molar-refractivity contribution in [2.75, 3.05) is 6.54 Å². The minimum absolute atomic E-state index is 0.186. The number of amides is 1. The highest BCUT2D eigenvalue weighted by Crippen LogP contribution is 2.24. The summed E-state index contributed by atoms with van der Waals surface area (Å²) in [6.45, 7) is 2.34. The molecule has 0 saturated heterocycles. The highest BCUT2D eigenvalue weighted by molar-refractivity contribution is 6.32. The summed E-state index contributed by atoms with van der Waals surface area (Å²) in [7, 11) is 0. The van der Waals surface area contributed by atoms with Crippen molar-refractivity contribution in [2.24, 2.45) is 0 Å². The molecule has 0 spiro atoms. The average molecular weight is 336 g/mol. The number of ether oxygens (including phenoxy) is 1. The molecule has 0 aliphatic carbocycles. The Labute approximate surface area is 140 Å². The van der Waals surface area contributed by atoms with Crippen LogP contribution in [0.25, 0.3) is 0 Å². The maximum absolute atomic E-state index is 12.8. The Balaban J connectivity index is 1.85. The van der Waals surface area contributed by atoms with Crippen molar-refractivity contribution in [2.45, 2.75) is 25.9 Å². The van der Waals surface area contributed by atoms with Gasteiger partial charge in [-0.3, -0.25) is 4.79 Å². The molecule has 122 valence electrons. The molecule has 2 aromatic carbocycles. The summed E-state index contributed by atoms with van der Waals surface area (Å²) >= 11 is 6.04. The second-order valence-electron chi connectivity index (χ2n) is 5.11. The Bertz CT molecular complexity index is 646. The molecule has 0 radical (unpaired) electrons. The van der Waals surface area contributed by atoms with Crippen LogP contribution in [0.15, 0.2) is 48.5 Å². The molecule has 0 saturated carbocycles. The summed E-state index contributed by atoms with van der Waals surface area (Å²) < 4.78 is 18.5. The molecular formula is C18H19ClFNO2. The van der Waals surface area contributed by atoms with Crippen LogP contribution in [0.5, 0.6) is 5.75 Å². The van der Waals surface area contributed by atoms with Gasteiger partial charge in [0.1, 0.15) is 11.6 Å². The van der Waals surface area contributed by atoms with Crippen LogP contribution in [-0.4, -0.2) is 18.6 Å². The number of hydrogen-bond donors (Lipinski definition) is 1. The second-order valence-corrected chi connectivity index (χ2v) is 5.52. The summed E-state index contributed by atoms with van der Waals surface area (Å²) in [6.07, 6.45) is 0.574. The van der Waals surface area contributed by atoms with Gasteiger partial charge in [0.05, 0.1) is 5.02 Å². The van der Waals surface area contributed by atoms with E-state index in [9.17, 15) is 9.18 Å². The fourth-order valence-corrected chi connectivity index (χ4v) is 2.29. The van der Waals surface area contributed by atoms with Gasteiger partial charge in [-0.2, -0.15) is 0 Å².